The molecular weight excluding hydrogens is 384 g/mol. The zero-order valence-electron chi connectivity index (χ0n) is 18.3. The summed E-state index contributed by atoms with van der Waals surface area (Å²) in [5.74, 6) is -0.661. The number of hydrogen-bond acceptors (Lipinski definition) is 3. The Bertz CT molecular complexity index is 1190. The van der Waals surface area contributed by atoms with Crippen LogP contribution in [-0.2, 0) is 16.0 Å². The van der Waals surface area contributed by atoms with Gasteiger partial charge in [0.15, 0.2) is 0 Å². The fraction of sp³-hybridized carbons (Fsp3) is 0.185. The maximum absolute atomic E-state index is 13.5. The quantitative estimate of drug-likeness (QED) is 0.559. The summed E-state index contributed by atoms with van der Waals surface area (Å²) in [4.78, 5) is 28.2. The van der Waals surface area contributed by atoms with Gasteiger partial charge in [-0.3, -0.25) is 9.59 Å². The highest BCUT2D eigenvalue weighted by Crippen LogP contribution is 2.34. The second-order valence-electron chi connectivity index (χ2n) is 8.01. The van der Waals surface area contributed by atoms with Crippen LogP contribution in [0, 0.1) is 20.8 Å². The Labute approximate surface area is 183 Å². The van der Waals surface area contributed by atoms with Crippen LogP contribution in [0.2, 0.25) is 0 Å². The minimum Gasteiger partial charge on any atom is -0.350 e. The van der Waals surface area contributed by atoms with Crippen molar-refractivity contribution < 1.29 is 9.59 Å². The number of benzene rings is 3. The zero-order valence-corrected chi connectivity index (χ0v) is 18.3. The van der Waals surface area contributed by atoms with E-state index in [1.807, 2.05) is 87.5 Å². The number of anilines is 2. The Morgan fingerprint density at radius 1 is 0.774 bits per heavy atom. The topological polar surface area (TPSA) is 49.4 Å². The van der Waals surface area contributed by atoms with E-state index in [0.29, 0.717) is 17.0 Å². The molecule has 156 valence electrons. The van der Waals surface area contributed by atoms with Gasteiger partial charge in [-0.2, -0.15) is 0 Å². The van der Waals surface area contributed by atoms with Gasteiger partial charge in [0.25, 0.3) is 11.8 Å². The van der Waals surface area contributed by atoms with E-state index in [2.05, 4.69) is 12.2 Å². The van der Waals surface area contributed by atoms with Crippen LogP contribution < -0.4 is 10.2 Å². The van der Waals surface area contributed by atoms with E-state index in [9.17, 15) is 9.59 Å². The molecule has 0 atom stereocenters. The van der Waals surface area contributed by atoms with Gasteiger partial charge in [0, 0.05) is 5.69 Å². The third-order valence-corrected chi connectivity index (χ3v) is 5.80. The summed E-state index contributed by atoms with van der Waals surface area (Å²) < 4.78 is 0. The van der Waals surface area contributed by atoms with Crippen LogP contribution in [0.15, 0.2) is 72.4 Å². The Morgan fingerprint density at radius 3 is 2.06 bits per heavy atom. The van der Waals surface area contributed by atoms with E-state index in [1.54, 1.807) is 0 Å². The first-order chi connectivity index (χ1) is 14.9. The van der Waals surface area contributed by atoms with Gasteiger partial charge in [-0.25, -0.2) is 4.90 Å². The Balaban J connectivity index is 1.81. The van der Waals surface area contributed by atoms with Gasteiger partial charge in [-0.15, -0.1) is 0 Å². The minimum absolute atomic E-state index is 0.304. The minimum atomic E-state index is -0.346. The van der Waals surface area contributed by atoms with Crippen molar-refractivity contribution in [2.24, 2.45) is 0 Å². The lowest BCUT2D eigenvalue weighted by molar-refractivity contribution is -0.120. The zero-order chi connectivity index (χ0) is 22.1. The number of rotatable bonds is 5. The average molecular weight is 411 g/mol. The molecule has 0 fully saturated rings. The first-order valence-electron chi connectivity index (χ1n) is 10.5. The van der Waals surface area contributed by atoms with Crippen molar-refractivity contribution in [1.82, 2.24) is 0 Å². The lowest BCUT2D eigenvalue weighted by Gasteiger charge is -2.15. The smallest absolute Gasteiger partial charge is 0.282 e. The van der Waals surface area contributed by atoms with Gasteiger partial charge in [0.1, 0.15) is 5.70 Å². The second-order valence-corrected chi connectivity index (χ2v) is 8.01. The molecule has 0 unspecified atom stereocenters. The molecule has 0 radical (unpaired) electrons. The number of aryl methyl sites for hydroxylation is 4. The van der Waals surface area contributed by atoms with E-state index < -0.39 is 0 Å². The lowest BCUT2D eigenvalue weighted by Crippen LogP contribution is -2.32. The SMILES string of the molecule is CCc1ccc(NC2=C(c3ccc(C)c(C)c3)C(=O)N(c3ccc(C)cc3)C2=O)cc1. The number of nitrogens with zero attached hydrogens (tertiary/aromatic N) is 1. The molecule has 1 N–H and O–H groups in total. The molecule has 4 heteroatoms. The Kier molecular flexibility index (Phi) is 5.47. The van der Waals surface area contributed by atoms with E-state index in [-0.39, 0.29) is 11.8 Å². The molecule has 0 saturated heterocycles. The van der Waals surface area contributed by atoms with Crippen LogP contribution in [0.5, 0.6) is 0 Å². The highest BCUT2D eigenvalue weighted by atomic mass is 16.2. The van der Waals surface area contributed by atoms with Crippen molar-refractivity contribution in [2.75, 3.05) is 10.2 Å². The number of carbonyl (C=O) groups excluding carboxylic acids is 2. The molecule has 4 rings (SSSR count). The third-order valence-electron chi connectivity index (χ3n) is 5.80. The van der Waals surface area contributed by atoms with Gasteiger partial charge in [-0.1, -0.05) is 55.0 Å². The molecule has 1 aliphatic heterocycles. The van der Waals surface area contributed by atoms with E-state index in [1.165, 1.54) is 10.5 Å². The molecule has 0 aliphatic carbocycles. The summed E-state index contributed by atoms with van der Waals surface area (Å²) in [6, 6.07) is 21.2. The molecule has 0 aromatic heterocycles. The molecule has 4 nitrogen and oxygen atoms in total. The lowest BCUT2D eigenvalue weighted by atomic mass is 9.99. The molecule has 3 aromatic rings. The van der Waals surface area contributed by atoms with Gasteiger partial charge in [-0.05, 0) is 73.7 Å². The van der Waals surface area contributed by atoms with Crippen molar-refractivity contribution in [3.63, 3.8) is 0 Å². The predicted molar refractivity (Wildman–Crippen MR) is 126 cm³/mol. The van der Waals surface area contributed by atoms with Crippen molar-refractivity contribution in [3.8, 4) is 0 Å². The van der Waals surface area contributed by atoms with E-state index in [4.69, 9.17) is 0 Å². The summed E-state index contributed by atoms with van der Waals surface area (Å²) >= 11 is 0. The highest BCUT2D eigenvalue weighted by molar-refractivity contribution is 6.46. The number of hydrogen-bond donors (Lipinski definition) is 1. The maximum Gasteiger partial charge on any atom is 0.282 e. The highest BCUT2D eigenvalue weighted by Gasteiger charge is 2.40. The van der Waals surface area contributed by atoms with Crippen LogP contribution in [0.3, 0.4) is 0 Å². The molecule has 31 heavy (non-hydrogen) atoms. The van der Waals surface area contributed by atoms with Crippen LogP contribution in [0.4, 0.5) is 11.4 Å². The molecular formula is C27H26N2O2. The standard InChI is InChI=1S/C27H26N2O2/c1-5-20-9-12-22(13-10-20)28-25-24(21-11-8-18(3)19(4)16-21)26(30)29(27(25)31)23-14-6-17(2)7-15-23/h6-16,28H,5H2,1-4H3. The summed E-state index contributed by atoms with van der Waals surface area (Å²) in [6.07, 6.45) is 0.940. The predicted octanol–water partition coefficient (Wildman–Crippen LogP) is 5.57. The normalized spacial score (nSPS) is 13.9. The molecule has 3 aromatic carbocycles. The maximum atomic E-state index is 13.5. The fourth-order valence-electron chi connectivity index (χ4n) is 3.71. The van der Waals surface area contributed by atoms with Crippen LogP contribution in [0.1, 0.15) is 34.7 Å². The van der Waals surface area contributed by atoms with Crippen molar-refractivity contribution in [1.29, 1.82) is 0 Å². The first-order valence-corrected chi connectivity index (χ1v) is 10.5. The molecule has 0 bridgehead atoms. The van der Waals surface area contributed by atoms with Crippen LogP contribution in [0.25, 0.3) is 5.57 Å². The number of amides is 2. The summed E-state index contributed by atoms with van der Waals surface area (Å²) in [5, 5.41) is 3.23. The van der Waals surface area contributed by atoms with Crippen molar-refractivity contribution in [3.05, 3.63) is 100 Å². The molecule has 0 saturated carbocycles. The average Bonchev–Trinajstić information content (AvgIpc) is 3.01. The Hall–Kier alpha value is -3.66. The second kappa shape index (κ2) is 8.23. The van der Waals surface area contributed by atoms with Crippen molar-refractivity contribution in [2.45, 2.75) is 34.1 Å². The summed E-state index contributed by atoms with van der Waals surface area (Å²) in [6.45, 7) is 8.11. The van der Waals surface area contributed by atoms with Crippen LogP contribution in [-0.4, -0.2) is 11.8 Å². The monoisotopic (exact) mass is 410 g/mol. The first kappa shape index (κ1) is 20.6. The number of nitrogens with one attached hydrogen (secondary N) is 1. The third kappa shape index (κ3) is 3.89. The number of imide groups is 1. The summed E-state index contributed by atoms with van der Waals surface area (Å²) in [5.41, 5.74) is 7.28. The molecule has 0 spiro atoms. The fourth-order valence-corrected chi connectivity index (χ4v) is 3.71. The van der Waals surface area contributed by atoms with Crippen LogP contribution >= 0.6 is 0 Å². The molecule has 2 amide bonds. The van der Waals surface area contributed by atoms with E-state index >= 15 is 0 Å². The largest absolute Gasteiger partial charge is 0.350 e. The van der Waals surface area contributed by atoms with E-state index in [0.717, 1.165) is 34.4 Å². The van der Waals surface area contributed by atoms with Gasteiger partial charge < -0.3 is 5.32 Å². The van der Waals surface area contributed by atoms with Gasteiger partial charge >= 0.3 is 0 Å². The Morgan fingerprint density at radius 2 is 1.45 bits per heavy atom. The van der Waals surface area contributed by atoms with Gasteiger partial charge in [0.05, 0.1) is 11.3 Å². The van der Waals surface area contributed by atoms with Crippen molar-refractivity contribution >= 4 is 28.8 Å². The molecule has 1 aliphatic rings. The molecule has 1 heterocycles. The summed E-state index contributed by atoms with van der Waals surface area (Å²) in [7, 11) is 0. The van der Waals surface area contributed by atoms with Gasteiger partial charge in [0.2, 0.25) is 0 Å². The number of carbonyl (C=O) groups is 2.